The first-order valence-corrected chi connectivity index (χ1v) is 6.31. The lowest BCUT2D eigenvalue weighted by Gasteiger charge is -2.08. The van der Waals surface area contributed by atoms with Gasteiger partial charge in [0, 0.05) is 9.86 Å². The summed E-state index contributed by atoms with van der Waals surface area (Å²) < 4.78 is 9.85. The van der Waals surface area contributed by atoms with Gasteiger partial charge in [-0.1, -0.05) is 15.9 Å². The normalized spacial score (nSPS) is 10.3. The number of hydrogen-bond donors (Lipinski definition) is 1. The van der Waals surface area contributed by atoms with Crippen molar-refractivity contribution in [3.8, 4) is 0 Å². The Kier molecular flexibility index (Phi) is 3.89. The van der Waals surface area contributed by atoms with E-state index in [1.165, 1.54) is 0 Å². The van der Waals surface area contributed by atoms with Crippen LogP contribution in [0.15, 0.2) is 27.5 Å². The molecule has 0 unspecified atom stereocenters. The number of methoxy groups -OCH3 is 2. The van der Waals surface area contributed by atoms with Gasteiger partial charge in [0.25, 0.3) is 0 Å². The minimum absolute atomic E-state index is 0.227. The van der Waals surface area contributed by atoms with E-state index in [-0.39, 0.29) is 16.6 Å². The zero-order chi connectivity index (χ0) is 14.9. The van der Waals surface area contributed by atoms with Gasteiger partial charge in [-0.2, -0.15) is 0 Å². The number of H-pyrrole nitrogens is 1. The number of halogens is 1. The second-order valence-corrected chi connectivity index (χ2v) is 4.79. The monoisotopic (exact) mass is 339 g/mol. The Balaban J connectivity index is 2.90. The highest BCUT2D eigenvalue weighted by atomic mass is 79.9. The number of hydrogen-bond acceptors (Lipinski definition) is 5. The smallest absolute Gasteiger partial charge is 0.355 e. The zero-order valence-corrected chi connectivity index (χ0v) is 12.2. The number of fused-ring (bicyclic) bond motifs is 1. The lowest BCUT2D eigenvalue weighted by Crippen LogP contribution is -2.24. The number of aromatic nitrogens is 1. The molecule has 0 spiro atoms. The largest absolute Gasteiger partial charge is 0.465 e. The van der Waals surface area contributed by atoms with E-state index in [9.17, 15) is 14.4 Å². The van der Waals surface area contributed by atoms with Gasteiger partial charge in [0.05, 0.1) is 19.7 Å². The number of pyridine rings is 1. The van der Waals surface area contributed by atoms with Crippen LogP contribution >= 0.6 is 15.9 Å². The Morgan fingerprint density at radius 3 is 2.40 bits per heavy atom. The van der Waals surface area contributed by atoms with Crippen LogP contribution in [-0.2, 0) is 9.47 Å². The highest BCUT2D eigenvalue weighted by Gasteiger charge is 2.24. The molecule has 0 amide bonds. The van der Waals surface area contributed by atoms with Crippen molar-refractivity contribution in [3.05, 3.63) is 44.2 Å². The average Bonchev–Trinajstić information content (AvgIpc) is 2.45. The van der Waals surface area contributed by atoms with Gasteiger partial charge < -0.3 is 14.5 Å². The van der Waals surface area contributed by atoms with E-state index in [1.807, 2.05) is 0 Å². The lowest BCUT2D eigenvalue weighted by molar-refractivity contribution is 0.0549. The molecule has 2 rings (SSSR count). The predicted octanol–water partition coefficient (Wildman–Crippen LogP) is 1.86. The van der Waals surface area contributed by atoms with E-state index in [1.54, 1.807) is 18.2 Å². The quantitative estimate of drug-likeness (QED) is 0.844. The van der Waals surface area contributed by atoms with Gasteiger partial charge in [0.15, 0.2) is 0 Å². The topological polar surface area (TPSA) is 85.5 Å². The Bertz CT molecular complexity index is 765. The van der Waals surface area contributed by atoms with Crippen LogP contribution in [0.2, 0.25) is 0 Å². The van der Waals surface area contributed by atoms with Crippen LogP contribution in [0.5, 0.6) is 0 Å². The summed E-state index contributed by atoms with van der Waals surface area (Å²) in [6, 6.07) is 4.84. The first kappa shape index (κ1) is 14.3. The fourth-order valence-electron chi connectivity index (χ4n) is 1.82. The first-order chi connectivity index (χ1) is 9.49. The molecular formula is C13H10BrNO5. The molecule has 6 nitrogen and oxygen atoms in total. The number of carbonyl (C=O) groups is 2. The molecular weight excluding hydrogens is 330 g/mol. The Hall–Kier alpha value is -2.15. The molecule has 0 bridgehead atoms. The van der Waals surface area contributed by atoms with Crippen LogP contribution in [0.3, 0.4) is 0 Å². The minimum Gasteiger partial charge on any atom is -0.465 e. The second kappa shape index (κ2) is 5.46. The molecule has 1 N–H and O–H groups in total. The molecule has 2 aromatic rings. The summed E-state index contributed by atoms with van der Waals surface area (Å²) in [5.41, 5.74) is -0.764. The van der Waals surface area contributed by atoms with Crippen molar-refractivity contribution >= 4 is 38.8 Å². The molecule has 0 aliphatic carbocycles. The molecule has 0 fully saturated rings. The SMILES string of the molecule is COC(=O)c1[nH]c2cc(Br)ccc2c(=O)c1C(=O)OC. The summed E-state index contributed by atoms with van der Waals surface area (Å²) in [6.45, 7) is 0. The van der Waals surface area contributed by atoms with Crippen LogP contribution in [0, 0.1) is 0 Å². The van der Waals surface area contributed by atoms with Gasteiger partial charge in [-0.25, -0.2) is 9.59 Å². The summed E-state index contributed by atoms with van der Waals surface area (Å²) in [7, 11) is 2.29. The number of esters is 2. The predicted molar refractivity (Wildman–Crippen MR) is 74.9 cm³/mol. The van der Waals surface area contributed by atoms with Crippen LogP contribution in [0.1, 0.15) is 20.8 Å². The highest BCUT2D eigenvalue weighted by molar-refractivity contribution is 9.10. The van der Waals surface area contributed by atoms with Crippen molar-refractivity contribution in [1.82, 2.24) is 4.98 Å². The fourth-order valence-corrected chi connectivity index (χ4v) is 2.18. The number of rotatable bonds is 2. The van der Waals surface area contributed by atoms with Crippen molar-refractivity contribution in [1.29, 1.82) is 0 Å². The average molecular weight is 340 g/mol. The maximum Gasteiger partial charge on any atom is 0.355 e. The van der Waals surface area contributed by atoms with Crippen molar-refractivity contribution in [2.24, 2.45) is 0 Å². The molecule has 0 saturated carbocycles. The number of carbonyl (C=O) groups excluding carboxylic acids is 2. The van der Waals surface area contributed by atoms with Crippen molar-refractivity contribution in [2.45, 2.75) is 0 Å². The fraction of sp³-hybridized carbons (Fsp3) is 0.154. The third-order valence-corrected chi connectivity index (χ3v) is 3.24. The summed E-state index contributed by atoms with van der Waals surface area (Å²) in [6.07, 6.45) is 0. The van der Waals surface area contributed by atoms with Crippen molar-refractivity contribution in [3.63, 3.8) is 0 Å². The van der Waals surface area contributed by atoms with E-state index in [4.69, 9.17) is 0 Å². The third-order valence-electron chi connectivity index (χ3n) is 2.74. The molecule has 0 radical (unpaired) electrons. The van der Waals surface area contributed by atoms with Gasteiger partial charge in [0.2, 0.25) is 5.43 Å². The molecule has 0 atom stereocenters. The van der Waals surface area contributed by atoms with Gasteiger partial charge in [0.1, 0.15) is 11.3 Å². The lowest BCUT2D eigenvalue weighted by atomic mass is 10.1. The molecule has 20 heavy (non-hydrogen) atoms. The number of ether oxygens (including phenoxy) is 2. The van der Waals surface area contributed by atoms with E-state index in [0.717, 1.165) is 18.7 Å². The van der Waals surface area contributed by atoms with Gasteiger partial charge in [-0.05, 0) is 18.2 Å². The van der Waals surface area contributed by atoms with Crippen LogP contribution < -0.4 is 5.43 Å². The molecule has 0 aliphatic heterocycles. The van der Waals surface area contributed by atoms with Gasteiger partial charge >= 0.3 is 11.9 Å². The first-order valence-electron chi connectivity index (χ1n) is 5.51. The van der Waals surface area contributed by atoms with Gasteiger partial charge in [-0.15, -0.1) is 0 Å². The molecule has 0 aliphatic rings. The molecule has 1 heterocycles. The molecule has 1 aromatic heterocycles. The van der Waals surface area contributed by atoms with E-state index < -0.39 is 17.4 Å². The Morgan fingerprint density at radius 1 is 1.15 bits per heavy atom. The van der Waals surface area contributed by atoms with Crippen LogP contribution in [-0.4, -0.2) is 31.1 Å². The number of benzene rings is 1. The van der Waals surface area contributed by atoms with Crippen molar-refractivity contribution < 1.29 is 19.1 Å². The summed E-state index contributed by atoms with van der Waals surface area (Å²) in [4.78, 5) is 38.5. The number of nitrogens with one attached hydrogen (secondary N) is 1. The van der Waals surface area contributed by atoms with E-state index >= 15 is 0 Å². The van der Waals surface area contributed by atoms with Gasteiger partial charge in [-0.3, -0.25) is 4.79 Å². The third kappa shape index (κ3) is 2.32. The summed E-state index contributed by atoms with van der Waals surface area (Å²) in [5, 5.41) is 0.279. The second-order valence-electron chi connectivity index (χ2n) is 3.88. The molecule has 7 heteroatoms. The standard InChI is InChI=1S/C13H10BrNO5/c1-19-12(17)9-10(13(18)20-2)15-8-5-6(14)3-4-7(8)11(9)16/h3-5H,1-2H3,(H,15,16). The maximum absolute atomic E-state index is 12.3. The summed E-state index contributed by atoms with van der Waals surface area (Å²) >= 11 is 3.27. The minimum atomic E-state index is -0.892. The summed E-state index contributed by atoms with van der Waals surface area (Å²) in [5.74, 6) is -1.71. The number of aromatic amines is 1. The Morgan fingerprint density at radius 2 is 1.80 bits per heavy atom. The highest BCUT2D eigenvalue weighted by Crippen LogP contribution is 2.18. The molecule has 1 aromatic carbocycles. The molecule has 104 valence electrons. The van der Waals surface area contributed by atoms with Crippen molar-refractivity contribution in [2.75, 3.05) is 14.2 Å². The Labute approximate surface area is 121 Å². The van der Waals surface area contributed by atoms with Crippen LogP contribution in [0.4, 0.5) is 0 Å². The van der Waals surface area contributed by atoms with E-state index in [2.05, 4.69) is 30.4 Å². The zero-order valence-electron chi connectivity index (χ0n) is 10.7. The maximum atomic E-state index is 12.3. The molecule has 0 saturated heterocycles. The van der Waals surface area contributed by atoms with E-state index in [0.29, 0.717) is 5.52 Å². The van der Waals surface area contributed by atoms with Crippen LogP contribution in [0.25, 0.3) is 10.9 Å².